The molecule has 1 rings (SSSR count). The van der Waals surface area contributed by atoms with Crippen molar-refractivity contribution in [3.8, 4) is 0 Å². The van der Waals surface area contributed by atoms with Gasteiger partial charge in [-0.2, -0.15) is 0 Å². The lowest BCUT2D eigenvalue weighted by atomic mass is 9.85. The van der Waals surface area contributed by atoms with E-state index in [0.29, 0.717) is 18.1 Å². The van der Waals surface area contributed by atoms with Gasteiger partial charge < -0.3 is 9.47 Å². The summed E-state index contributed by atoms with van der Waals surface area (Å²) in [5, 5.41) is 0. The summed E-state index contributed by atoms with van der Waals surface area (Å²) >= 11 is 0. The summed E-state index contributed by atoms with van der Waals surface area (Å²) in [5.74, 6) is 0.184. The smallest absolute Gasteiger partial charge is 0.333 e. The molecule has 3 heteroatoms. The summed E-state index contributed by atoms with van der Waals surface area (Å²) in [6.45, 7) is 9.03. The Labute approximate surface area is 181 Å². The quantitative estimate of drug-likeness (QED) is 0.132. The van der Waals surface area contributed by atoms with Gasteiger partial charge in [0.1, 0.15) is 6.10 Å². The number of hydrogen-bond donors (Lipinski definition) is 0. The number of carbonyl (C=O) groups is 1. The highest BCUT2D eigenvalue weighted by Gasteiger charge is 2.27. The fourth-order valence-electron chi connectivity index (χ4n) is 4.25. The molecule has 29 heavy (non-hydrogen) atoms. The van der Waals surface area contributed by atoms with Crippen LogP contribution in [0.15, 0.2) is 12.2 Å². The maximum atomic E-state index is 12.0. The Morgan fingerprint density at radius 1 is 0.862 bits per heavy atom. The van der Waals surface area contributed by atoms with E-state index in [1.165, 1.54) is 89.9 Å². The van der Waals surface area contributed by atoms with Crippen LogP contribution in [0.4, 0.5) is 0 Å². The molecule has 1 aliphatic carbocycles. The van der Waals surface area contributed by atoms with Crippen molar-refractivity contribution in [2.24, 2.45) is 5.92 Å². The number of ether oxygens (including phenoxy) is 2. The summed E-state index contributed by atoms with van der Waals surface area (Å²) < 4.78 is 11.6. The molecule has 0 heterocycles. The minimum absolute atomic E-state index is 0.100. The summed E-state index contributed by atoms with van der Waals surface area (Å²) in [6, 6.07) is 0. The Hall–Kier alpha value is -0.830. The first kappa shape index (κ1) is 26.2. The average Bonchev–Trinajstić information content (AvgIpc) is 2.73. The van der Waals surface area contributed by atoms with Gasteiger partial charge in [0, 0.05) is 12.2 Å². The van der Waals surface area contributed by atoms with Crippen LogP contribution in [0.3, 0.4) is 0 Å². The molecule has 170 valence electrons. The van der Waals surface area contributed by atoms with Crippen LogP contribution >= 0.6 is 0 Å². The molecule has 0 aromatic rings. The topological polar surface area (TPSA) is 35.5 Å². The lowest BCUT2D eigenvalue weighted by molar-refractivity contribution is -0.151. The van der Waals surface area contributed by atoms with Gasteiger partial charge in [0.25, 0.3) is 0 Å². The average molecular weight is 409 g/mol. The van der Waals surface area contributed by atoms with Crippen molar-refractivity contribution >= 4 is 5.97 Å². The van der Waals surface area contributed by atoms with Gasteiger partial charge in [0.05, 0.1) is 6.61 Å². The van der Waals surface area contributed by atoms with Gasteiger partial charge in [-0.05, 0) is 32.1 Å². The van der Waals surface area contributed by atoms with Gasteiger partial charge in [-0.3, -0.25) is 0 Å². The molecular weight excluding hydrogens is 360 g/mol. The van der Waals surface area contributed by atoms with Crippen molar-refractivity contribution in [1.82, 2.24) is 0 Å². The van der Waals surface area contributed by atoms with Crippen LogP contribution in [0.25, 0.3) is 0 Å². The van der Waals surface area contributed by atoms with Crippen LogP contribution in [-0.4, -0.2) is 25.3 Å². The molecule has 0 aromatic carbocycles. The monoisotopic (exact) mass is 408 g/mol. The van der Waals surface area contributed by atoms with Crippen molar-refractivity contribution in [3.63, 3.8) is 0 Å². The number of carbonyl (C=O) groups excluding carboxylic acids is 1. The highest BCUT2D eigenvalue weighted by molar-refractivity contribution is 5.87. The van der Waals surface area contributed by atoms with Crippen molar-refractivity contribution < 1.29 is 14.3 Å². The molecule has 0 radical (unpaired) electrons. The van der Waals surface area contributed by atoms with E-state index < -0.39 is 0 Å². The second-order valence-electron chi connectivity index (χ2n) is 9.09. The molecule has 3 nitrogen and oxygen atoms in total. The van der Waals surface area contributed by atoms with Crippen LogP contribution in [0.2, 0.25) is 0 Å². The number of esters is 1. The van der Waals surface area contributed by atoms with E-state index in [2.05, 4.69) is 13.5 Å². The first-order valence-electron chi connectivity index (χ1n) is 12.6. The van der Waals surface area contributed by atoms with E-state index >= 15 is 0 Å². The summed E-state index contributed by atoms with van der Waals surface area (Å²) in [4.78, 5) is 12.0. The SMILES string of the molecule is C=C(C)C(=O)OC(COCCCCCCCCCCCCCC)C1CCCCC1. The third-order valence-electron chi connectivity index (χ3n) is 6.21. The van der Waals surface area contributed by atoms with E-state index in [0.717, 1.165) is 25.9 Å². The maximum absolute atomic E-state index is 12.0. The summed E-state index contributed by atoms with van der Waals surface area (Å²) in [7, 11) is 0. The molecule has 0 amide bonds. The number of rotatable bonds is 18. The van der Waals surface area contributed by atoms with Crippen LogP contribution in [-0.2, 0) is 14.3 Å². The van der Waals surface area contributed by atoms with Gasteiger partial charge in [0.15, 0.2) is 0 Å². The zero-order valence-corrected chi connectivity index (χ0v) is 19.5. The number of hydrogen-bond acceptors (Lipinski definition) is 3. The highest BCUT2D eigenvalue weighted by Crippen LogP contribution is 2.28. The molecule has 1 atom stereocenters. The minimum atomic E-state index is -0.269. The maximum Gasteiger partial charge on any atom is 0.333 e. The molecule has 0 spiro atoms. The zero-order chi connectivity index (χ0) is 21.2. The van der Waals surface area contributed by atoms with E-state index in [-0.39, 0.29) is 12.1 Å². The Kier molecular flexibility index (Phi) is 16.2. The minimum Gasteiger partial charge on any atom is -0.456 e. The van der Waals surface area contributed by atoms with E-state index in [4.69, 9.17) is 9.47 Å². The molecule has 1 aliphatic rings. The van der Waals surface area contributed by atoms with Gasteiger partial charge >= 0.3 is 5.97 Å². The third-order valence-corrected chi connectivity index (χ3v) is 6.21. The van der Waals surface area contributed by atoms with E-state index in [1.807, 2.05) is 0 Å². The second-order valence-corrected chi connectivity index (χ2v) is 9.09. The van der Waals surface area contributed by atoms with Crippen LogP contribution in [0.5, 0.6) is 0 Å². The fraction of sp³-hybridized carbons (Fsp3) is 0.885. The Morgan fingerprint density at radius 3 is 1.90 bits per heavy atom. The second kappa shape index (κ2) is 18.0. The van der Waals surface area contributed by atoms with Gasteiger partial charge in [0.2, 0.25) is 0 Å². The summed E-state index contributed by atoms with van der Waals surface area (Å²) in [6.07, 6.45) is 22.2. The van der Waals surface area contributed by atoms with Crippen LogP contribution in [0, 0.1) is 5.92 Å². The van der Waals surface area contributed by atoms with Crippen LogP contribution in [0.1, 0.15) is 123 Å². The van der Waals surface area contributed by atoms with Gasteiger partial charge in [-0.25, -0.2) is 4.79 Å². The lowest BCUT2D eigenvalue weighted by Crippen LogP contribution is -2.33. The predicted molar refractivity (Wildman–Crippen MR) is 123 cm³/mol. The third kappa shape index (κ3) is 13.9. The molecule has 1 unspecified atom stereocenters. The summed E-state index contributed by atoms with van der Waals surface area (Å²) in [5.41, 5.74) is 0.478. The van der Waals surface area contributed by atoms with Crippen molar-refractivity contribution in [3.05, 3.63) is 12.2 Å². The van der Waals surface area contributed by atoms with Gasteiger partial charge in [-0.15, -0.1) is 0 Å². The Balaban J connectivity index is 2.02. The standard InChI is InChI=1S/C26H48O3/c1-4-5-6-7-8-9-10-11-12-13-14-18-21-28-22-25(29-26(27)23(2)3)24-19-16-15-17-20-24/h24-25H,2,4-22H2,1,3H3. The van der Waals surface area contributed by atoms with E-state index in [1.54, 1.807) is 6.92 Å². The fourth-order valence-corrected chi connectivity index (χ4v) is 4.25. The molecule has 0 bridgehead atoms. The molecule has 0 saturated heterocycles. The molecule has 0 N–H and O–H groups in total. The Morgan fingerprint density at radius 2 is 1.38 bits per heavy atom. The zero-order valence-electron chi connectivity index (χ0n) is 19.5. The molecule has 1 saturated carbocycles. The first-order valence-corrected chi connectivity index (χ1v) is 12.6. The van der Waals surface area contributed by atoms with Crippen molar-refractivity contribution in [1.29, 1.82) is 0 Å². The van der Waals surface area contributed by atoms with E-state index in [9.17, 15) is 4.79 Å². The lowest BCUT2D eigenvalue weighted by Gasteiger charge is -2.30. The molecule has 1 fully saturated rings. The van der Waals surface area contributed by atoms with Gasteiger partial charge in [-0.1, -0.05) is 103 Å². The van der Waals surface area contributed by atoms with Crippen molar-refractivity contribution in [2.75, 3.05) is 13.2 Å². The first-order chi connectivity index (χ1) is 14.1. The molecule has 0 aromatic heterocycles. The highest BCUT2D eigenvalue weighted by atomic mass is 16.6. The normalized spacial score (nSPS) is 15.9. The van der Waals surface area contributed by atoms with Crippen LogP contribution < -0.4 is 0 Å². The van der Waals surface area contributed by atoms with Crippen molar-refractivity contribution in [2.45, 2.75) is 129 Å². The Bertz CT molecular complexity index is 412. The number of unbranched alkanes of at least 4 members (excludes halogenated alkanes) is 11. The predicted octanol–water partition coefficient (Wildman–Crippen LogP) is 7.77. The largest absolute Gasteiger partial charge is 0.456 e. The molecular formula is C26H48O3. The molecule has 0 aliphatic heterocycles.